The lowest BCUT2D eigenvalue weighted by Crippen LogP contribution is -2.24. The van der Waals surface area contributed by atoms with Crippen LogP contribution in [0.2, 0.25) is 0 Å². The summed E-state index contributed by atoms with van der Waals surface area (Å²) in [5, 5.41) is 11.8. The minimum atomic E-state index is -1.00. The van der Waals surface area contributed by atoms with Gasteiger partial charge < -0.3 is 10.4 Å². The van der Waals surface area contributed by atoms with Crippen molar-refractivity contribution in [1.82, 2.24) is 4.98 Å². The smallest absolute Gasteiger partial charge is 0.252 e. The molecule has 2 N–H and O–H groups in total. The van der Waals surface area contributed by atoms with Crippen LogP contribution >= 0.6 is 11.8 Å². The van der Waals surface area contributed by atoms with Crippen molar-refractivity contribution in [2.45, 2.75) is 23.7 Å². The third-order valence-corrected chi connectivity index (χ3v) is 3.71. The summed E-state index contributed by atoms with van der Waals surface area (Å²) in [6.07, 6.45) is 2.60. The number of carbonyl (C=O) groups is 1. The average molecular weight is 288 g/mol. The summed E-state index contributed by atoms with van der Waals surface area (Å²) in [5.41, 5.74) is 1.85. The number of carbonyl (C=O) groups excluding carboxylic acids is 1. The molecular formula is C15H16N2O2S. The molecule has 0 radical (unpaired) electrons. The molecule has 0 bridgehead atoms. The van der Waals surface area contributed by atoms with E-state index in [0.29, 0.717) is 5.69 Å². The van der Waals surface area contributed by atoms with Crippen LogP contribution in [0.25, 0.3) is 0 Å². The van der Waals surface area contributed by atoms with Gasteiger partial charge in [-0.25, -0.2) is 0 Å². The van der Waals surface area contributed by atoms with Crippen molar-refractivity contribution in [2.75, 3.05) is 5.32 Å². The fraction of sp³-hybridized carbons (Fsp3) is 0.200. The molecular weight excluding hydrogens is 272 g/mol. The van der Waals surface area contributed by atoms with E-state index in [9.17, 15) is 4.79 Å². The van der Waals surface area contributed by atoms with Gasteiger partial charge in [-0.1, -0.05) is 6.07 Å². The van der Waals surface area contributed by atoms with Crippen LogP contribution in [0.15, 0.2) is 53.7 Å². The molecule has 2 aromatic rings. The van der Waals surface area contributed by atoms with E-state index < -0.39 is 12.0 Å². The monoisotopic (exact) mass is 288 g/mol. The fourth-order valence-corrected chi connectivity index (χ4v) is 2.36. The predicted molar refractivity (Wildman–Crippen MR) is 80.6 cm³/mol. The number of amides is 1. The lowest BCUT2D eigenvalue weighted by molar-refractivity contribution is -0.123. The van der Waals surface area contributed by atoms with Gasteiger partial charge in [0.2, 0.25) is 0 Å². The van der Waals surface area contributed by atoms with Crippen molar-refractivity contribution in [3.63, 3.8) is 0 Å². The quantitative estimate of drug-likeness (QED) is 0.830. The molecule has 0 fully saturated rings. The van der Waals surface area contributed by atoms with Crippen molar-refractivity contribution in [3.8, 4) is 0 Å². The van der Waals surface area contributed by atoms with Crippen LogP contribution in [0, 0.1) is 0 Å². The normalized spacial score (nSPS) is 11.9. The van der Waals surface area contributed by atoms with Gasteiger partial charge >= 0.3 is 0 Å². The Kier molecular flexibility index (Phi) is 5.15. The maximum Gasteiger partial charge on any atom is 0.252 e. The summed E-state index contributed by atoms with van der Waals surface area (Å²) < 4.78 is 0. The average Bonchev–Trinajstić information content (AvgIpc) is 2.47. The number of thioether (sulfide) groups is 1. The summed E-state index contributed by atoms with van der Waals surface area (Å²) in [7, 11) is 0. The highest BCUT2D eigenvalue weighted by atomic mass is 32.2. The number of anilines is 1. The van der Waals surface area contributed by atoms with Gasteiger partial charge in [0.1, 0.15) is 6.10 Å². The molecule has 4 nitrogen and oxygen atoms in total. The van der Waals surface area contributed by atoms with E-state index in [0.717, 1.165) is 10.6 Å². The molecule has 20 heavy (non-hydrogen) atoms. The standard InChI is InChI=1S/C15H16N2O2S/c1-11(18)15(19)17-13-4-6-14(7-5-13)20-10-12-3-2-8-16-9-12/h2-9,11,18H,10H2,1H3,(H,17,19). The highest BCUT2D eigenvalue weighted by molar-refractivity contribution is 7.98. The second kappa shape index (κ2) is 7.07. The van der Waals surface area contributed by atoms with Crippen LogP contribution in [0.1, 0.15) is 12.5 Å². The molecule has 1 amide bonds. The molecule has 0 spiro atoms. The largest absolute Gasteiger partial charge is 0.384 e. The van der Waals surface area contributed by atoms with Gasteiger partial charge in [0, 0.05) is 28.7 Å². The second-order valence-electron chi connectivity index (χ2n) is 4.34. The van der Waals surface area contributed by atoms with Crippen LogP contribution < -0.4 is 5.32 Å². The van der Waals surface area contributed by atoms with Gasteiger partial charge in [-0.3, -0.25) is 9.78 Å². The molecule has 0 saturated carbocycles. The number of pyridine rings is 1. The molecule has 1 heterocycles. The van der Waals surface area contributed by atoms with E-state index in [1.807, 2.05) is 42.6 Å². The number of hydrogen-bond donors (Lipinski definition) is 2. The molecule has 0 aliphatic heterocycles. The Morgan fingerprint density at radius 2 is 2.10 bits per heavy atom. The molecule has 0 aliphatic carbocycles. The number of nitrogens with zero attached hydrogens (tertiary/aromatic N) is 1. The summed E-state index contributed by atoms with van der Waals surface area (Å²) >= 11 is 1.71. The maximum atomic E-state index is 11.3. The van der Waals surface area contributed by atoms with E-state index in [2.05, 4.69) is 10.3 Å². The molecule has 104 valence electrons. The zero-order chi connectivity index (χ0) is 14.4. The Morgan fingerprint density at radius 1 is 1.35 bits per heavy atom. The summed E-state index contributed by atoms with van der Waals surface area (Å²) in [5.74, 6) is 0.452. The molecule has 1 atom stereocenters. The Hall–Kier alpha value is -1.85. The number of benzene rings is 1. The van der Waals surface area contributed by atoms with E-state index in [4.69, 9.17) is 5.11 Å². The van der Waals surface area contributed by atoms with Crippen molar-refractivity contribution < 1.29 is 9.90 Å². The molecule has 1 aromatic carbocycles. The lowest BCUT2D eigenvalue weighted by Gasteiger charge is -2.08. The van der Waals surface area contributed by atoms with Gasteiger partial charge in [0.15, 0.2) is 0 Å². The SMILES string of the molecule is CC(O)C(=O)Nc1ccc(SCc2cccnc2)cc1. The highest BCUT2D eigenvalue weighted by Crippen LogP contribution is 2.23. The number of nitrogens with one attached hydrogen (secondary N) is 1. The van der Waals surface area contributed by atoms with Crippen molar-refractivity contribution in [2.24, 2.45) is 0 Å². The van der Waals surface area contributed by atoms with Crippen molar-refractivity contribution >= 4 is 23.4 Å². The summed E-state index contributed by atoms with van der Waals surface area (Å²) in [6, 6.07) is 11.5. The molecule has 1 aromatic heterocycles. The Morgan fingerprint density at radius 3 is 2.70 bits per heavy atom. The highest BCUT2D eigenvalue weighted by Gasteiger charge is 2.08. The van der Waals surface area contributed by atoms with Crippen LogP contribution in [0.4, 0.5) is 5.69 Å². The van der Waals surface area contributed by atoms with E-state index >= 15 is 0 Å². The first kappa shape index (κ1) is 14.6. The first-order valence-electron chi connectivity index (χ1n) is 6.26. The third-order valence-electron chi connectivity index (χ3n) is 2.63. The van der Waals surface area contributed by atoms with Crippen molar-refractivity contribution in [3.05, 3.63) is 54.4 Å². The number of aromatic nitrogens is 1. The first-order valence-corrected chi connectivity index (χ1v) is 7.24. The lowest BCUT2D eigenvalue weighted by atomic mass is 10.3. The molecule has 5 heteroatoms. The van der Waals surface area contributed by atoms with Gasteiger partial charge in [0.25, 0.3) is 5.91 Å². The summed E-state index contributed by atoms with van der Waals surface area (Å²) in [4.78, 5) is 16.5. The van der Waals surface area contributed by atoms with E-state index in [-0.39, 0.29) is 0 Å². The predicted octanol–water partition coefficient (Wildman–Crippen LogP) is 2.69. The van der Waals surface area contributed by atoms with Gasteiger partial charge in [-0.05, 0) is 42.8 Å². The second-order valence-corrected chi connectivity index (χ2v) is 5.39. The number of rotatable bonds is 5. The Bertz CT molecular complexity index is 556. The third kappa shape index (κ3) is 4.36. The molecule has 0 saturated heterocycles. The zero-order valence-electron chi connectivity index (χ0n) is 11.1. The minimum Gasteiger partial charge on any atom is -0.384 e. The Labute approximate surface area is 122 Å². The van der Waals surface area contributed by atoms with Gasteiger partial charge in [0.05, 0.1) is 0 Å². The molecule has 1 unspecified atom stereocenters. The number of aliphatic hydroxyl groups is 1. The molecule has 2 rings (SSSR count). The van der Waals surface area contributed by atoms with E-state index in [1.54, 1.807) is 18.0 Å². The van der Waals surface area contributed by atoms with Crippen LogP contribution in [0.5, 0.6) is 0 Å². The van der Waals surface area contributed by atoms with Crippen LogP contribution in [-0.4, -0.2) is 22.1 Å². The van der Waals surface area contributed by atoms with Gasteiger partial charge in [-0.2, -0.15) is 0 Å². The maximum absolute atomic E-state index is 11.3. The van der Waals surface area contributed by atoms with Gasteiger partial charge in [-0.15, -0.1) is 11.8 Å². The number of hydrogen-bond acceptors (Lipinski definition) is 4. The van der Waals surface area contributed by atoms with E-state index in [1.165, 1.54) is 12.5 Å². The summed E-state index contributed by atoms with van der Waals surface area (Å²) in [6.45, 7) is 1.44. The van der Waals surface area contributed by atoms with Crippen LogP contribution in [-0.2, 0) is 10.5 Å². The minimum absolute atomic E-state index is 0.402. The zero-order valence-corrected chi connectivity index (χ0v) is 11.9. The topological polar surface area (TPSA) is 62.2 Å². The van der Waals surface area contributed by atoms with Crippen LogP contribution in [0.3, 0.4) is 0 Å². The molecule has 0 aliphatic rings. The van der Waals surface area contributed by atoms with Crippen molar-refractivity contribution in [1.29, 1.82) is 0 Å². The fourth-order valence-electron chi connectivity index (χ4n) is 1.53. The first-order chi connectivity index (χ1) is 9.65. The number of aliphatic hydroxyl groups excluding tert-OH is 1. The Balaban J connectivity index is 1.90.